The predicted octanol–water partition coefficient (Wildman–Crippen LogP) is 1.52. The first-order valence-electron chi connectivity index (χ1n) is 4.48. The fourth-order valence-electron chi connectivity index (χ4n) is 0.812. The zero-order chi connectivity index (χ0) is 10.8. The summed E-state index contributed by atoms with van der Waals surface area (Å²) in [5, 5.41) is 5.19. The van der Waals surface area contributed by atoms with Crippen molar-refractivity contribution in [3.05, 3.63) is 11.1 Å². The summed E-state index contributed by atoms with van der Waals surface area (Å²) in [5.74, 6) is -0.186. The fourth-order valence-corrected chi connectivity index (χ4v) is 1.50. The van der Waals surface area contributed by atoms with Crippen LogP contribution in [0.25, 0.3) is 0 Å². The van der Waals surface area contributed by atoms with E-state index in [9.17, 15) is 4.79 Å². The minimum atomic E-state index is -0.820. The third-order valence-electron chi connectivity index (χ3n) is 2.09. The van der Waals surface area contributed by atoms with Gasteiger partial charge in [-0.05, 0) is 20.3 Å². The summed E-state index contributed by atoms with van der Waals surface area (Å²) in [6.07, 6.45) is 0.600. The molecule has 4 nitrogen and oxygen atoms in total. The molecule has 14 heavy (non-hydrogen) atoms. The Balaban J connectivity index is 2.66. The third-order valence-corrected chi connectivity index (χ3v) is 2.97. The smallest absolute Gasteiger partial charge is 0.245 e. The SMILES string of the molecule is CCC(C)(N)C(=O)Nc1nc(C)cs1. The Morgan fingerprint density at radius 1 is 1.79 bits per heavy atom. The van der Waals surface area contributed by atoms with Crippen molar-refractivity contribution in [1.82, 2.24) is 4.98 Å². The summed E-state index contributed by atoms with van der Waals surface area (Å²) < 4.78 is 0. The molecular formula is C9H15N3OS. The Kier molecular flexibility index (Phi) is 3.23. The summed E-state index contributed by atoms with van der Waals surface area (Å²) in [6.45, 7) is 5.48. The summed E-state index contributed by atoms with van der Waals surface area (Å²) in [4.78, 5) is 15.7. The van der Waals surface area contributed by atoms with Crippen LogP contribution >= 0.6 is 11.3 Å². The Morgan fingerprint density at radius 3 is 2.86 bits per heavy atom. The minimum absolute atomic E-state index is 0.186. The fraction of sp³-hybridized carbons (Fsp3) is 0.556. The van der Waals surface area contributed by atoms with Crippen LogP contribution in [0, 0.1) is 6.92 Å². The normalized spacial score (nSPS) is 14.9. The molecule has 3 N–H and O–H groups in total. The molecule has 0 spiro atoms. The second kappa shape index (κ2) is 4.06. The number of rotatable bonds is 3. The molecule has 1 heterocycles. The van der Waals surface area contributed by atoms with Gasteiger partial charge in [0.2, 0.25) is 5.91 Å². The molecular weight excluding hydrogens is 198 g/mol. The lowest BCUT2D eigenvalue weighted by atomic mass is 10.00. The summed E-state index contributed by atoms with van der Waals surface area (Å²) in [5.41, 5.74) is 5.86. The highest BCUT2D eigenvalue weighted by atomic mass is 32.1. The Labute approximate surface area is 87.5 Å². The van der Waals surface area contributed by atoms with Crippen molar-refractivity contribution in [3.8, 4) is 0 Å². The van der Waals surface area contributed by atoms with E-state index in [2.05, 4.69) is 10.3 Å². The molecule has 0 aliphatic rings. The molecule has 0 aromatic carbocycles. The number of nitrogens with one attached hydrogen (secondary N) is 1. The lowest BCUT2D eigenvalue weighted by Gasteiger charge is -2.20. The van der Waals surface area contributed by atoms with Crippen LogP contribution < -0.4 is 11.1 Å². The molecule has 1 rings (SSSR count). The first-order chi connectivity index (χ1) is 6.45. The lowest BCUT2D eigenvalue weighted by Crippen LogP contribution is -2.47. The van der Waals surface area contributed by atoms with Gasteiger partial charge in [0.05, 0.1) is 11.2 Å². The molecule has 0 bridgehead atoms. The molecule has 0 saturated heterocycles. The molecule has 0 aliphatic carbocycles. The van der Waals surface area contributed by atoms with E-state index in [1.165, 1.54) is 11.3 Å². The van der Waals surface area contributed by atoms with Gasteiger partial charge in [-0.1, -0.05) is 6.92 Å². The van der Waals surface area contributed by atoms with Crippen molar-refractivity contribution >= 4 is 22.4 Å². The van der Waals surface area contributed by atoms with Gasteiger partial charge >= 0.3 is 0 Å². The highest BCUT2D eigenvalue weighted by Gasteiger charge is 2.26. The highest BCUT2D eigenvalue weighted by Crippen LogP contribution is 2.16. The maximum atomic E-state index is 11.6. The van der Waals surface area contributed by atoms with Crippen LogP contribution in [0.3, 0.4) is 0 Å². The molecule has 0 saturated carbocycles. The number of nitrogens with two attached hydrogens (primary N) is 1. The van der Waals surface area contributed by atoms with E-state index in [-0.39, 0.29) is 5.91 Å². The monoisotopic (exact) mass is 213 g/mol. The van der Waals surface area contributed by atoms with Crippen molar-refractivity contribution in [3.63, 3.8) is 0 Å². The standard InChI is InChI=1S/C9H15N3OS/c1-4-9(3,10)7(13)12-8-11-6(2)5-14-8/h5H,4,10H2,1-3H3,(H,11,12,13). The number of thiazole rings is 1. The largest absolute Gasteiger partial charge is 0.318 e. The number of hydrogen-bond donors (Lipinski definition) is 2. The maximum Gasteiger partial charge on any atom is 0.245 e. The van der Waals surface area contributed by atoms with E-state index in [0.29, 0.717) is 11.6 Å². The number of hydrogen-bond acceptors (Lipinski definition) is 4. The summed E-state index contributed by atoms with van der Waals surface area (Å²) in [7, 11) is 0. The molecule has 1 aromatic rings. The van der Waals surface area contributed by atoms with Crippen molar-refractivity contribution in [2.24, 2.45) is 5.73 Å². The van der Waals surface area contributed by atoms with Gasteiger partial charge in [-0.25, -0.2) is 4.98 Å². The van der Waals surface area contributed by atoms with E-state index in [0.717, 1.165) is 5.69 Å². The molecule has 1 atom stereocenters. The van der Waals surface area contributed by atoms with Crippen LogP contribution in [0.2, 0.25) is 0 Å². The van der Waals surface area contributed by atoms with E-state index >= 15 is 0 Å². The summed E-state index contributed by atoms with van der Waals surface area (Å²) >= 11 is 1.41. The molecule has 0 radical (unpaired) electrons. The van der Waals surface area contributed by atoms with Gasteiger partial charge in [0.1, 0.15) is 0 Å². The van der Waals surface area contributed by atoms with Crippen LogP contribution in [-0.2, 0) is 4.79 Å². The number of carbonyl (C=O) groups excluding carboxylic acids is 1. The first kappa shape index (κ1) is 11.1. The number of amides is 1. The van der Waals surface area contributed by atoms with Gasteiger partial charge in [-0.15, -0.1) is 11.3 Å². The first-order valence-corrected chi connectivity index (χ1v) is 5.36. The van der Waals surface area contributed by atoms with Crippen molar-refractivity contribution in [1.29, 1.82) is 0 Å². The Hall–Kier alpha value is -0.940. The average Bonchev–Trinajstić information content (AvgIpc) is 2.51. The van der Waals surface area contributed by atoms with Crippen molar-refractivity contribution in [2.75, 3.05) is 5.32 Å². The highest BCUT2D eigenvalue weighted by molar-refractivity contribution is 7.13. The Morgan fingerprint density at radius 2 is 2.43 bits per heavy atom. The summed E-state index contributed by atoms with van der Waals surface area (Å²) in [6, 6.07) is 0. The molecule has 5 heteroatoms. The second-order valence-electron chi connectivity index (χ2n) is 3.52. The average molecular weight is 213 g/mol. The van der Waals surface area contributed by atoms with Gasteiger partial charge in [-0.2, -0.15) is 0 Å². The van der Waals surface area contributed by atoms with Gasteiger partial charge in [0.25, 0.3) is 0 Å². The van der Waals surface area contributed by atoms with Gasteiger partial charge in [0.15, 0.2) is 5.13 Å². The third kappa shape index (κ3) is 2.52. The zero-order valence-electron chi connectivity index (χ0n) is 8.63. The van der Waals surface area contributed by atoms with Gasteiger partial charge in [0, 0.05) is 5.38 Å². The molecule has 0 aliphatic heterocycles. The molecule has 1 amide bonds. The maximum absolute atomic E-state index is 11.6. The minimum Gasteiger partial charge on any atom is -0.318 e. The Bertz CT molecular complexity index is 333. The molecule has 1 aromatic heterocycles. The van der Waals surface area contributed by atoms with E-state index < -0.39 is 5.54 Å². The predicted molar refractivity (Wildman–Crippen MR) is 58.4 cm³/mol. The van der Waals surface area contributed by atoms with Crippen LogP contribution in [-0.4, -0.2) is 16.4 Å². The molecule has 0 fully saturated rings. The van der Waals surface area contributed by atoms with Crippen molar-refractivity contribution < 1.29 is 4.79 Å². The number of nitrogens with zero attached hydrogens (tertiary/aromatic N) is 1. The number of aryl methyl sites for hydroxylation is 1. The van der Waals surface area contributed by atoms with Crippen LogP contribution in [0.4, 0.5) is 5.13 Å². The number of anilines is 1. The van der Waals surface area contributed by atoms with E-state index in [4.69, 9.17) is 5.73 Å². The van der Waals surface area contributed by atoms with Gasteiger partial charge < -0.3 is 11.1 Å². The van der Waals surface area contributed by atoms with E-state index in [1.54, 1.807) is 6.92 Å². The van der Waals surface area contributed by atoms with Crippen LogP contribution in [0.5, 0.6) is 0 Å². The zero-order valence-corrected chi connectivity index (χ0v) is 9.44. The number of carbonyl (C=O) groups is 1. The van der Waals surface area contributed by atoms with Gasteiger partial charge in [-0.3, -0.25) is 4.79 Å². The topological polar surface area (TPSA) is 68.0 Å². The second-order valence-corrected chi connectivity index (χ2v) is 4.38. The van der Waals surface area contributed by atoms with Crippen LogP contribution in [0.15, 0.2) is 5.38 Å². The van der Waals surface area contributed by atoms with Crippen molar-refractivity contribution in [2.45, 2.75) is 32.7 Å². The van der Waals surface area contributed by atoms with E-state index in [1.807, 2.05) is 19.2 Å². The van der Waals surface area contributed by atoms with Crippen LogP contribution in [0.1, 0.15) is 26.0 Å². The number of aromatic nitrogens is 1. The molecule has 1 unspecified atom stereocenters. The molecule has 78 valence electrons. The quantitative estimate of drug-likeness (QED) is 0.799. The lowest BCUT2D eigenvalue weighted by molar-refractivity contribution is -0.120.